The topological polar surface area (TPSA) is 58.6 Å². The smallest absolute Gasteiger partial charge is 0.270 e. The number of rotatable bonds is 4. The summed E-state index contributed by atoms with van der Waals surface area (Å²) < 4.78 is 5.82. The van der Waals surface area contributed by atoms with Crippen molar-refractivity contribution in [1.82, 2.24) is 5.32 Å². The van der Waals surface area contributed by atoms with E-state index in [4.69, 9.17) is 17.0 Å². The molecule has 160 valence electrons. The standard InChI is InChI=1S/C27H18N2O3S/c30-25-24(17-19-9-6-8-18-7-4-5-12-23(18)19)26(31)29(27(33)28-25)20-13-15-22(16-14-20)32-21-10-2-1-3-11-21/h1-17H,(H,28,30,33)/b24-17+. The average Bonchev–Trinajstić information content (AvgIpc) is 2.83. The Balaban J connectivity index is 1.46. The minimum absolute atomic E-state index is 0.0181. The molecule has 33 heavy (non-hydrogen) atoms. The Kier molecular flexibility index (Phi) is 5.42. The minimum atomic E-state index is -0.516. The first kappa shape index (κ1) is 20.6. The van der Waals surface area contributed by atoms with Crippen LogP contribution in [-0.4, -0.2) is 16.9 Å². The van der Waals surface area contributed by atoms with Crippen LogP contribution in [-0.2, 0) is 9.59 Å². The van der Waals surface area contributed by atoms with Crippen LogP contribution in [0.25, 0.3) is 16.8 Å². The fourth-order valence-electron chi connectivity index (χ4n) is 3.71. The van der Waals surface area contributed by atoms with Crippen LogP contribution in [0.5, 0.6) is 11.5 Å². The lowest BCUT2D eigenvalue weighted by Gasteiger charge is -2.29. The van der Waals surface area contributed by atoms with Gasteiger partial charge in [0.1, 0.15) is 17.1 Å². The highest BCUT2D eigenvalue weighted by Gasteiger charge is 2.34. The summed E-state index contributed by atoms with van der Waals surface area (Å²) in [5, 5.41) is 4.65. The Morgan fingerprint density at radius 2 is 1.42 bits per heavy atom. The zero-order valence-corrected chi connectivity index (χ0v) is 18.2. The summed E-state index contributed by atoms with van der Waals surface area (Å²) in [4.78, 5) is 27.3. The summed E-state index contributed by atoms with van der Waals surface area (Å²) in [5.41, 5.74) is 1.34. The van der Waals surface area contributed by atoms with Gasteiger partial charge in [-0.05, 0) is 71.0 Å². The molecule has 0 atom stereocenters. The summed E-state index contributed by atoms with van der Waals surface area (Å²) in [7, 11) is 0. The van der Waals surface area contributed by atoms with E-state index in [1.54, 1.807) is 30.3 Å². The average molecular weight is 451 g/mol. The molecule has 0 radical (unpaired) electrons. The third kappa shape index (κ3) is 4.12. The van der Waals surface area contributed by atoms with Gasteiger partial charge in [0, 0.05) is 0 Å². The molecule has 0 aliphatic carbocycles. The monoisotopic (exact) mass is 450 g/mol. The fourth-order valence-corrected chi connectivity index (χ4v) is 3.99. The van der Waals surface area contributed by atoms with E-state index < -0.39 is 11.8 Å². The van der Waals surface area contributed by atoms with Crippen molar-refractivity contribution in [3.8, 4) is 11.5 Å². The van der Waals surface area contributed by atoms with Crippen molar-refractivity contribution >= 4 is 51.7 Å². The van der Waals surface area contributed by atoms with Crippen molar-refractivity contribution in [3.05, 3.63) is 108 Å². The number of nitrogens with zero attached hydrogens (tertiary/aromatic N) is 1. The van der Waals surface area contributed by atoms with Crippen LogP contribution in [0.4, 0.5) is 5.69 Å². The predicted octanol–water partition coefficient (Wildman–Crippen LogP) is 5.46. The van der Waals surface area contributed by atoms with Crippen LogP contribution in [0.15, 0.2) is 103 Å². The van der Waals surface area contributed by atoms with Crippen LogP contribution >= 0.6 is 12.2 Å². The second kappa shape index (κ2) is 8.68. The molecule has 0 bridgehead atoms. The van der Waals surface area contributed by atoms with Gasteiger partial charge >= 0.3 is 0 Å². The number of nitrogens with one attached hydrogen (secondary N) is 1. The van der Waals surface area contributed by atoms with Crippen molar-refractivity contribution in [1.29, 1.82) is 0 Å². The molecule has 1 aliphatic heterocycles. The van der Waals surface area contributed by atoms with E-state index >= 15 is 0 Å². The minimum Gasteiger partial charge on any atom is -0.457 e. The number of benzene rings is 4. The van der Waals surface area contributed by atoms with Crippen molar-refractivity contribution in [2.24, 2.45) is 0 Å². The molecule has 5 nitrogen and oxygen atoms in total. The van der Waals surface area contributed by atoms with Gasteiger partial charge in [0.2, 0.25) is 0 Å². The summed E-state index contributed by atoms with van der Waals surface area (Å²) >= 11 is 5.31. The molecule has 4 aromatic rings. The van der Waals surface area contributed by atoms with Gasteiger partial charge in [-0.2, -0.15) is 0 Å². The second-order valence-corrected chi connectivity index (χ2v) is 7.82. The fraction of sp³-hybridized carbons (Fsp3) is 0. The summed E-state index contributed by atoms with van der Waals surface area (Å²) in [5.74, 6) is 0.338. The normalized spacial score (nSPS) is 15.1. The Bertz CT molecular complexity index is 1410. The third-order valence-corrected chi connectivity index (χ3v) is 5.58. The van der Waals surface area contributed by atoms with Gasteiger partial charge in [-0.3, -0.25) is 19.8 Å². The van der Waals surface area contributed by atoms with E-state index in [-0.39, 0.29) is 10.7 Å². The van der Waals surface area contributed by atoms with Crippen LogP contribution < -0.4 is 15.0 Å². The highest BCUT2D eigenvalue weighted by atomic mass is 32.1. The Morgan fingerprint density at radius 1 is 0.758 bits per heavy atom. The quantitative estimate of drug-likeness (QED) is 0.255. The van der Waals surface area contributed by atoms with Gasteiger partial charge in [-0.25, -0.2) is 0 Å². The zero-order valence-electron chi connectivity index (χ0n) is 17.4. The molecule has 1 saturated heterocycles. The molecule has 0 saturated carbocycles. The summed E-state index contributed by atoms with van der Waals surface area (Å²) in [6.45, 7) is 0. The second-order valence-electron chi connectivity index (χ2n) is 7.44. The molecule has 6 heteroatoms. The number of carbonyl (C=O) groups is 2. The molecule has 1 fully saturated rings. The van der Waals surface area contributed by atoms with Gasteiger partial charge in [-0.15, -0.1) is 0 Å². The number of fused-ring (bicyclic) bond motifs is 1. The van der Waals surface area contributed by atoms with Crippen LogP contribution in [0, 0.1) is 0 Å². The molecule has 0 aromatic heterocycles. The first-order valence-electron chi connectivity index (χ1n) is 10.3. The molecule has 1 N–H and O–H groups in total. The van der Waals surface area contributed by atoms with Crippen LogP contribution in [0.3, 0.4) is 0 Å². The Labute approximate surface area is 195 Å². The van der Waals surface area contributed by atoms with Crippen molar-refractivity contribution < 1.29 is 14.3 Å². The van der Waals surface area contributed by atoms with Gasteiger partial charge in [0.15, 0.2) is 5.11 Å². The zero-order chi connectivity index (χ0) is 22.8. The molecule has 1 aliphatic rings. The predicted molar refractivity (Wildman–Crippen MR) is 133 cm³/mol. The maximum Gasteiger partial charge on any atom is 0.270 e. The van der Waals surface area contributed by atoms with E-state index in [9.17, 15) is 9.59 Å². The molecule has 4 aromatic carbocycles. The van der Waals surface area contributed by atoms with Crippen molar-refractivity contribution in [2.45, 2.75) is 0 Å². The number of hydrogen-bond donors (Lipinski definition) is 1. The van der Waals surface area contributed by atoms with E-state index in [2.05, 4.69) is 5.32 Å². The number of ether oxygens (including phenoxy) is 1. The molecular formula is C27H18N2O3S. The molecule has 2 amide bonds. The number of anilines is 1. The van der Waals surface area contributed by atoms with Gasteiger partial charge in [-0.1, -0.05) is 60.7 Å². The highest BCUT2D eigenvalue weighted by Crippen LogP contribution is 2.28. The molecule has 0 unspecified atom stereocenters. The highest BCUT2D eigenvalue weighted by molar-refractivity contribution is 7.80. The van der Waals surface area contributed by atoms with Gasteiger partial charge < -0.3 is 4.74 Å². The molecule has 5 rings (SSSR count). The summed E-state index contributed by atoms with van der Waals surface area (Å²) in [6, 6.07) is 30.0. The lowest BCUT2D eigenvalue weighted by molar-refractivity contribution is -0.122. The first-order valence-corrected chi connectivity index (χ1v) is 10.7. The number of hydrogen-bond acceptors (Lipinski definition) is 4. The molecular weight excluding hydrogens is 432 g/mol. The SMILES string of the molecule is O=C1NC(=S)N(c2ccc(Oc3ccccc3)cc2)C(=O)/C1=C/c1cccc2ccccc12. The molecule has 0 spiro atoms. The lowest BCUT2D eigenvalue weighted by Crippen LogP contribution is -2.54. The van der Waals surface area contributed by atoms with Gasteiger partial charge in [0.25, 0.3) is 11.8 Å². The molecule has 1 heterocycles. The number of amides is 2. The van der Waals surface area contributed by atoms with Crippen LogP contribution in [0.1, 0.15) is 5.56 Å². The maximum atomic E-state index is 13.3. The van der Waals surface area contributed by atoms with E-state index in [0.717, 1.165) is 16.3 Å². The Hall–Kier alpha value is -4.29. The summed E-state index contributed by atoms with van der Waals surface area (Å²) in [6.07, 6.45) is 1.61. The van der Waals surface area contributed by atoms with Gasteiger partial charge in [0.05, 0.1) is 5.69 Å². The Morgan fingerprint density at radius 3 is 2.21 bits per heavy atom. The maximum absolute atomic E-state index is 13.3. The van der Waals surface area contributed by atoms with E-state index in [0.29, 0.717) is 17.2 Å². The van der Waals surface area contributed by atoms with Crippen molar-refractivity contribution in [3.63, 3.8) is 0 Å². The lowest BCUT2D eigenvalue weighted by atomic mass is 10.0. The van der Waals surface area contributed by atoms with E-state index in [1.165, 1.54) is 4.90 Å². The van der Waals surface area contributed by atoms with E-state index in [1.807, 2.05) is 72.8 Å². The number of carbonyl (C=O) groups excluding carboxylic acids is 2. The third-order valence-electron chi connectivity index (χ3n) is 5.30. The largest absolute Gasteiger partial charge is 0.457 e. The van der Waals surface area contributed by atoms with Crippen molar-refractivity contribution in [2.75, 3.05) is 4.90 Å². The van der Waals surface area contributed by atoms with Crippen LogP contribution in [0.2, 0.25) is 0 Å². The number of para-hydroxylation sites is 1. The first-order chi connectivity index (χ1) is 16.1. The number of thiocarbonyl (C=S) groups is 1.